The van der Waals surface area contributed by atoms with E-state index in [1.807, 2.05) is 0 Å². The van der Waals surface area contributed by atoms with Crippen LogP contribution >= 0.6 is 0 Å². The summed E-state index contributed by atoms with van der Waals surface area (Å²) in [7, 11) is 0. The lowest BCUT2D eigenvalue weighted by Crippen LogP contribution is -2.31. The van der Waals surface area contributed by atoms with Gasteiger partial charge >= 0.3 is 0 Å². The van der Waals surface area contributed by atoms with Crippen LogP contribution in [0.5, 0.6) is 0 Å². The van der Waals surface area contributed by atoms with E-state index in [1.54, 1.807) is 0 Å². The summed E-state index contributed by atoms with van der Waals surface area (Å²) in [4.78, 5) is 0. The molecule has 0 heterocycles. The molecule has 0 aromatic rings. The van der Waals surface area contributed by atoms with Crippen LogP contribution in [-0.4, -0.2) is 0 Å². The first-order valence-corrected chi connectivity index (χ1v) is 5.84. The minimum Gasteiger partial charge on any atom is -0.0651 e. The van der Waals surface area contributed by atoms with Crippen LogP contribution in [-0.2, 0) is 0 Å². The summed E-state index contributed by atoms with van der Waals surface area (Å²) in [6, 6.07) is 0. The summed E-state index contributed by atoms with van der Waals surface area (Å²) in [6.07, 6.45) is 2.62. The molecule has 0 aliphatic rings. The molecule has 0 radical (unpaired) electrons. The van der Waals surface area contributed by atoms with Crippen molar-refractivity contribution in [2.75, 3.05) is 0 Å². The van der Waals surface area contributed by atoms with Crippen LogP contribution in [0.1, 0.15) is 61.3 Å². The van der Waals surface area contributed by atoms with Gasteiger partial charge in [0.25, 0.3) is 0 Å². The average Bonchev–Trinajstić information content (AvgIpc) is 2.01. The van der Waals surface area contributed by atoms with Crippen LogP contribution in [0.2, 0.25) is 0 Å². The van der Waals surface area contributed by atoms with E-state index in [0.29, 0.717) is 5.41 Å². The summed E-state index contributed by atoms with van der Waals surface area (Å²) >= 11 is 0. The van der Waals surface area contributed by atoms with E-state index in [1.165, 1.54) is 12.8 Å². The molecule has 13 heavy (non-hydrogen) atoms. The zero-order valence-electron chi connectivity index (χ0n) is 10.6. The minimum absolute atomic E-state index is 0.463. The largest absolute Gasteiger partial charge is 0.0651 e. The van der Waals surface area contributed by atoms with Gasteiger partial charge in [-0.25, -0.2) is 0 Å². The molecule has 0 rings (SSSR count). The van der Waals surface area contributed by atoms with E-state index >= 15 is 0 Å². The van der Waals surface area contributed by atoms with Crippen molar-refractivity contribution >= 4 is 0 Å². The highest BCUT2D eigenvalue weighted by atomic mass is 14.4. The van der Waals surface area contributed by atoms with Gasteiger partial charge in [0, 0.05) is 0 Å². The van der Waals surface area contributed by atoms with Crippen molar-refractivity contribution in [1.82, 2.24) is 0 Å². The Balaban J connectivity index is 4.55. The Morgan fingerprint density at radius 1 is 0.846 bits per heavy atom. The molecule has 0 saturated heterocycles. The predicted molar refractivity (Wildman–Crippen MR) is 61.9 cm³/mol. The van der Waals surface area contributed by atoms with Crippen molar-refractivity contribution in [1.29, 1.82) is 0 Å². The maximum Gasteiger partial charge on any atom is -0.0314 e. The quantitative estimate of drug-likeness (QED) is 0.592. The van der Waals surface area contributed by atoms with Gasteiger partial charge in [0.2, 0.25) is 0 Å². The van der Waals surface area contributed by atoms with Crippen molar-refractivity contribution in [3.8, 4) is 0 Å². The van der Waals surface area contributed by atoms with Gasteiger partial charge in [-0.3, -0.25) is 0 Å². The Morgan fingerprint density at radius 2 is 1.15 bits per heavy atom. The number of hydrogen-bond acceptors (Lipinski definition) is 0. The molecule has 0 aliphatic carbocycles. The molecule has 0 amide bonds. The molecule has 0 saturated carbocycles. The maximum absolute atomic E-state index is 2.40. The SMILES string of the molecule is CCC(C)C(C(C)CC)C(C)(C)C. The average molecular weight is 184 g/mol. The Morgan fingerprint density at radius 3 is 1.31 bits per heavy atom. The number of rotatable bonds is 4. The Bertz CT molecular complexity index is 119. The van der Waals surface area contributed by atoms with Crippen molar-refractivity contribution in [2.24, 2.45) is 23.2 Å². The third-order valence-corrected chi connectivity index (χ3v) is 3.51. The lowest BCUT2D eigenvalue weighted by molar-refractivity contribution is 0.100. The van der Waals surface area contributed by atoms with Gasteiger partial charge in [0.15, 0.2) is 0 Å². The van der Waals surface area contributed by atoms with Crippen LogP contribution in [0.4, 0.5) is 0 Å². The molecule has 80 valence electrons. The molecule has 0 fully saturated rings. The second-order valence-electron chi connectivity index (χ2n) is 5.66. The van der Waals surface area contributed by atoms with E-state index in [4.69, 9.17) is 0 Å². The summed E-state index contributed by atoms with van der Waals surface area (Å²) in [5, 5.41) is 0. The Hall–Kier alpha value is 0. The van der Waals surface area contributed by atoms with Crippen LogP contribution < -0.4 is 0 Å². The summed E-state index contributed by atoms with van der Waals surface area (Å²) < 4.78 is 0. The van der Waals surface area contributed by atoms with Gasteiger partial charge in [0.05, 0.1) is 0 Å². The zero-order valence-corrected chi connectivity index (χ0v) is 10.6. The third-order valence-electron chi connectivity index (χ3n) is 3.51. The molecule has 0 aromatic heterocycles. The van der Waals surface area contributed by atoms with Crippen LogP contribution in [0.25, 0.3) is 0 Å². The fraction of sp³-hybridized carbons (Fsp3) is 1.00. The summed E-state index contributed by atoms with van der Waals surface area (Å²) in [5.74, 6) is 2.58. The van der Waals surface area contributed by atoms with Gasteiger partial charge < -0.3 is 0 Å². The van der Waals surface area contributed by atoms with E-state index < -0.39 is 0 Å². The molecule has 2 unspecified atom stereocenters. The molecule has 0 bridgehead atoms. The first kappa shape index (κ1) is 13.0. The fourth-order valence-corrected chi connectivity index (χ4v) is 2.78. The lowest BCUT2D eigenvalue weighted by atomic mass is 9.66. The van der Waals surface area contributed by atoms with Gasteiger partial charge in [-0.1, -0.05) is 61.3 Å². The Labute approximate surface area is 85.1 Å². The molecule has 0 spiro atoms. The van der Waals surface area contributed by atoms with Crippen molar-refractivity contribution in [3.63, 3.8) is 0 Å². The van der Waals surface area contributed by atoms with E-state index in [-0.39, 0.29) is 0 Å². The van der Waals surface area contributed by atoms with Gasteiger partial charge in [-0.2, -0.15) is 0 Å². The second kappa shape index (κ2) is 5.02. The van der Waals surface area contributed by atoms with Gasteiger partial charge in [-0.05, 0) is 23.2 Å². The third kappa shape index (κ3) is 3.70. The van der Waals surface area contributed by atoms with Crippen molar-refractivity contribution < 1.29 is 0 Å². The van der Waals surface area contributed by atoms with Crippen molar-refractivity contribution in [3.05, 3.63) is 0 Å². The summed E-state index contributed by atoms with van der Waals surface area (Å²) in [6.45, 7) is 16.6. The Kier molecular flexibility index (Phi) is 5.02. The van der Waals surface area contributed by atoms with Gasteiger partial charge in [-0.15, -0.1) is 0 Å². The second-order valence-corrected chi connectivity index (χ2v) is 5.66. The summed E-state index contributed by atoms with van der Waals surface area (Å²) in [5.41, 5.74) is 0.463. The van der Waals surface area contributed by atoms with Crippen LogP contribution in [0.3, 0.4) is 0 Å². The molecular weight excluding hydrogens is 156 g/mol. The van der Waals surface area contributed by atoms with Gasteiger partial charge in [0.1, 0.15) is 0 Å². The van der Waals surface area contributed by atoms with Crippen molar-refractivity contribution in [2.45, 2.75) is 61.3 Å². The molecule has 0 nitrogen and oxygen atoms in total. The monoisotopic (exact) mass is 184 g/mol. The maximum atomic E-state index is 2.40. The number of hydrogen-bond donors (Lipinski definition) is 0. The van der Waals surface area contributed by atoms with E-state index in [2.05, 4.69) is 48.5 Å². The first-order chi connectivity index (χ1) is 5.84. The van der Waals surface area contributed by atoms with E-state index in [0.717, 1.165) is 17.8 Å². The smallest absolute Gasteiger partial charge is 0.0314 e. The van der Waals surface area contributed by atoms with Crippen LogP contribution in [0.15, 0.2) is 0 Å². The molecule has 0 heteroatoms. The molecule has 2 atom stereocenters. The normalized spacial score (nSPS) is 19.6. The first-order valence-electron chi connectivity index (χ1n) is 5.84. The highest BCUT2D eigenvalue weighted by Crippen LogP contribution is 2.40. The molecule has 0 N–H and O–H groups in total. The predicted octanol–water partition coefficient (Wildman–Crippen LogP) is 4.74. The minimum atomic E-state index is 0.463. The van der Waals surface area contributed by atoms with E-state index in [9.17, 15) is 0 Å². The van der Waals surface area contributed by atoms with Crippen LogP contribution in [0, 0.1) is 23.2 Å². The standard InChI is InChI=1S/C13H28/c1-8-10(3)12(11(4)9-2)13(5,6)7/h10-12H,8-9H2,1-7H3. The lowest BCUT2D eigenvalue weighted by Gasteiger charge is -2.39. The zero-order chi connectivity index (χ0) is 10.6. The highest BCUT2D eigenvalue weighted by molar-refractivity contribution is 4.81. The highest BCUT2D eigenvalue weighted by Gasteiger charge is 2.32. The molecular formula is C13H28. The molecule has 0 aliphatic heterocycles. The topological polar surface area (TPSA) is 0 Å². The fourth-order valence-electron chi connectivity index (χ4n) is 2.78. The molecule has 0 aromatic carbocycles.